The Balaban J connectivity index is 0.00000280. The number of thiazole rings is 1. The summed E-state index contributed by atoms with van der Waals surface area (Å²) in [6.07, 6.45) is 2.43. The molecule has 0 bridgehead atoms. The van der Waals surface area contributed by atoms with Gasteiger partial charge in [0.15, 0.2) is 5.96 Å². The van der Waals surface area contributed by atoms with Crippen LogP contribution in [0, 0.1) is 19.8 Å². The Labute approximate surface area is 189 Å². The number of ether oxygens (including phenoxy) is 1. The summed E-state index contributed by atoms with van der Waals surface area (Å²) in [7, 11) is 0. The van der Waals surface area contributed by atoms with Crippen LogP contribution in [0.5, 0.6) is 0 Å². The molecule has 154 valence electrons. The van der Waals surface area contributed by atoms with E-state index in [1.807, 2.05) is 6.92 Å². The van der Waals surface area contributed by atoms with Gasteiger partial charge in [-0.2, -0.15) is 0 Å². The molecule has 3 rings (SSSR count). The van der Waals surface area contributed by atoms with Gasteiger partial charge in [0, 0.05) is 30.5 Å². The van der Waals surface area contributed by atoms with Gasteiger partial charge in [0.05, 0.1) is 23.4 Å². The zero-order valence-corrected chi connectivity index (χ0v) is 20.1. The van der Waals surface area contributed by atoms with E-state index in [-0.39, 0.29) is 30.1 Å². The SMILES string of the molecule is CCNC(=NCc1sc(C)nc1C)NCC1CCCOC1c1ccccc1.I. The van der Waals surface area contributed by atoms with Gasteiger partial charge in [-0.3, -0.25) is 0 Å². The maximum atomic E-state index is 6.11. The van der Waals surface area contributed by atoms with Gasteiger partial charge < -0.3 is 15.4 Å². The molecule has 1 aliphatic rings. The Kier molecular flexibility index (Phi) is 9.67. The number of nitrogens with zero attached hydrogens (tertiary/aromatic N) is 2. The molecule has 2 atom stereocenters. The van der Waals surface area contributed by atoms with Crippen LogP contribution in [0.1, 0.15) is 47.0 Å². The van der Waals surface area contributed by atoms with Gasteiger partial charge in [0.2, 0.25) is 0 Å². The van der Waals surface area contributed by atoms with Gasteiger partial charge in [0.1, 0.15) is 0 Å². The summed E-state index contributed by atoms with van der Waals surface area (Å²) < 4.78 is 6.11. The van der Waals surface area contributed by atoms with Crippen LogP contribution in [0.15, 0.2) is 35.3 Å². The van der Waals surface area contributed by atoms with E-state index in [1.165, 1.54) is 16.9 Å². The minimum Gasteiger partial charge on any atom is -0.373 e. The summed E-state index contributed by atoms with van der Waals surface area (Å²) in [6.45, 7) is 9.39. The van der Waals surface area contributed by atoms with Crippen LogP contribution in [-0.4, -0.2) is 30.6 Å². The monoisotopic (exact) mass is 514 g/mol. The largest absolute Gasteiger partial charge is 0.373 e. The van der Waals surface area contributed by atoms with Crippen molar-refractivity contribution in [2.24, 2.45) is 10.9 Å². The molecule has 5 nitrogen and oxygen atoms in total. The van der Waals surface area contributed by atoms with Crippen molar-refractivity contribution in [2.45, 2.75) is 46.3 Å². The first-order valence-electron chi connectivity index (χ1n) is 9.79. The third-order valence-corrected chi connectivity index (χ3v) is 5.89. The molecule has 2 heterocycles. The molecule has 2 unspecified atom stereocenters. The fourth-order valence-electron chi connectivity index (χ4n) is 3.50. The Hall–Kier alpha value is -1.19. The summed E-state index contributed by atoms with van der Waals surface area (Å²) in [4.78, 5) is 10.5. The van der Waals surface area contributed by atoms with Crippen molar-refractivity contribution in [3.63, 3.8) is 0 Å². The minimum atomic E-state index is 0. The van der Waals surface area contributed by atoms with Gasteiger partial charge in [-0.1, -0.05) is 30.3 Å². The van der Waals surface area contributed by atoms with Crippen molar-refractivity contribution in [2.75, 3.05) is 19.7 Å². The molecular formula is C21H31IN4OS. The third-order valence-electron chi connectivity index (χ3n) is 4.83. The summed E-state index contributed by atoms with van der Waals surface area (Å²) in [5.41, 5.74) is 2.35. The fraction of sp³-hybridized carbons (Fsp3) is 0.524. The smallest absolute Gasteiger partial charge is 0.191 e. The standard InChI is InChI=1S/C21H30N4OS.HI/c1-4-22-21(24-14-19-15(2)25-16(3)27-19)23-13-18-11-8-12-26-20(18)17-9-6-5-7-10-17;/h5-7,9-10,18,20H,4,8,11-14H2,1-3H3,(H2,22,23,24);1H. The van der Waals surface area contributed by atoms with E-state index in [0.29, 0.717) is 12.5 Å². The Morgan fingerprint density at radius 3 is 2.71 bits per heavy atom. The number of hydrogen-bond donors (Lipinski definition) is 2. The molecule has 28 heavy (non-hydrogen) atoms. The lowest BCUT2D eigenvalue weighted by atomic mass is 9.89. The summed E-state index contributed by atoms with van der Waals surface area (Å²) in [5.74, 6) is 1.30. The lowest BCUT2D eigenvalue weighted by molar-refractivity contribution is -0.0265. The lowest BCUT2D eigenvalue weighted by Crippen LogP contribution is -2.42. The van der Waals surface area contributed by atoms with Crippen LogP contribution in [0.25, 0.3) is 0 Å². The highest BCUT2D eigenvalue weighted by atomic mass is 127. The molecule has 7 heteroatoms. The second-order valence-electron chi connectivity index (χ2n) is 6.92. The summed E-state index contributed by atoms with van der Waals surface area (Å²) >= 11 is 1.72. The number of rotatable bonds is 6. The molecule has 1 aliphatic heterocycles. The molecule has 0 spiro atoms. The molecule has 0 amide bonds. The number of hydrogen-bond acceptors (Lipinski definition) is 4. The summed E-state index contributed by atoms with van der Waals surface area (Å²) in [5, 5.41) is 7.98. The van der Waals surface area contributed by atoms with E-state index in [2.05, 4.69) is 59.8 Å². The third kappa shape index (κ3) is 6.42. The predicted molar refractivity (Wildman–Crippen MR) is 128 cm³/mol. The van der Waals surface area contributed by atoms with Crippen molar-refractivity contribution in [3.8, 4) is 0 Å². The van der Waals surface area contributed by atoms with E-state index in [0.717, 1.165) is 42.8 Å². The maximum Gasteiger partial charge on any atom is 0.191 e. The minimum absolute atomic E-state index is 0. The van der Waals surface area contributed by atoms with E-state index in [4.69, 9.17) is 9.73 Å². The number of aliphatic imine (C=N–C) groups is 1. The number of benzene rings is 1. The van der Waals surface area contributed by atoms with Crippen molar-refractivity contribution < 1.29 is 4.74 Å². The average molecular weight is 514 g/mol. The molecule has 1 aromatic carbocycles. The molecule has 0 radical (unpaired) electrons. The first-order chi connectivity index (χ1) is 13.2. The molecule has 0 saturated carbocycles. The highest BCUT2D eigenvalue weighted by Crippen LogP contribution is 2.33. The van der Waals surface area contributed by atoms with Crippen LogP contribution < -0.4 is 10.6 Å². The topological polar surface area (TPSA) is 58.5 Å². The first-order valence-corrected chi connectivity index (χ1v) is 10.6. The molecule has 1 aromatic heterocycles. The van der Waals surface area contributed by atoms with E-state index in [9.17, 15) is 0 Å². The normalized spacial score (nSPS) is 19.8. The molecule has 1 fully saturated rings. The number of nitrogens with one attached hydrogen (secondary N) is 2. The zero-order valence-electron chi connectivity index (χ0n) is 16.9. The van der Waals surface area contributed by atoms with Crippen LogP contribution >= 0.6 is 35.3 Å². The molecule has 0 aliphatic carbocycles. The van der Waals surface area contributed by atoms with E-state index >= 15 is 0 Å². The van der Waals surface area contributed by atoms with E-state index in [1.54, 1.807) is 11.3 Å². The van der Waals surface area contributed by atoms with Crippen LogP contribution in [0.4, 0.5) is 0 Å². The molecule has 1 saturated heterocycles. The average Bonchev–Trinajstić information content (AvgIpc) is 3.02. The molecular weight excluding hydrogens is 483 g/mol. The first kappa shape index (κ1) is 23.1. The zero-order chi connectivity index (χ0) is 19.1. The lowest BCUT2D eigenvalue weighted by Gasteiger charge is -2.32. The second-order valence-corrected chi connectivity index (χ2v) is 8.21. The maximum absolute atomic E-state index is 6.11. The van der Waals surface area contributed by atoms with Gasteiger partial charge in [-0.15, -0.1) is 35.3 Å². The van der Waals surface area contributed by atoms with E-state index < -0.39 is 0 Å². The summed E-state index contributed by atoms with van der Waals surface area (Å²) in [6, 6.07) is 10.6. The van der Waals surface area contributed by atoms with Crippen molar-refractivity contribution in [3.05, 3.63) is 51.5 Å². The van der Waals surface area contributed by atoms with Gasteiger partial charge >= 0.3 is 0 Å². The van der Waals surface area contributed by atoms with Crippen molar-refractivity contribution in [1.29, 1.82) is 0 Å². The number of halogens is 1. The van der Waals surface area contributed by atoms with Crippen LogP contribution in [-0.2, 0) is 11.3 Å². The van der Waals surface area contributed by atoms with Gasteiger partial charge in [-0.25, -0.2) is 9.98 Å². The molecule has 2 N–H and O–H groups in total. The molecule has 2 aromatic rings. The van der Waals surface area contributed by atoms with Crippen molar-refractivity contribution in [1.82, 2.24) is 15.6 Å². The van der Waals surface area contributed by atoms with Crippen LogP contribution in [0.2, 0.25) is 0 Å². The number of guanidine groups is 1. The Bertz CT molecular complexity index is 750. The van der Waals surface area contributed by atoms with Crippen LogP contribution in [0.3, 0.4) is 0 Å². The quantitative estimate of drug-likeness (QED) is 0.336. The van der Waals surface area contributed by atoms with Gasteiger partial charge in [-0.05, 0) is 39.2 Å². The van der Waals surface area contributed by atoms with Crippen molar-refractivity contribution >= 4 is 41.3 Å². The Morgan fingerprint density at radius 1 is 1.25 bits per heavy atom. The highest BCUT2D eigenvalue weighted by molar-refractivity contribution is 14.0. The van der Waals surface area contributed by atoms with Gasteiger partial charge in [0.25, 0.3) is 0 Å². The Morgan fingerprint density at radius 2 is 2.04 bits per heavy atom. The highest BCUT2D eigenvalue weighted by Gasteiger charge is 2.27. The second kappa shape index (κ2) is 11.7. The number of aromatic nitrogens is 1. The predicted octanol–water partition coefficient (Wildman–Crippen LogP) is 4.60. The number of aryl methyl sites for hydroxylation is 2. The fourth-order valence-corrected chi connectivity index (χ4v) is 4.37.